The summed E-state index contributed by atoms with van der Waals surface area (Å²) < 4.78 is 6.07. The van der Waals surface area contributed by atoms with E-state index < -0.39 is 0 Å². The lowest BCUT2D eigenvalue weighted by molar-refractivity contribution is 0.469. The molecule has 0 fully saturated rings. The van der Waals surface area contributed by atoms with Gasteiger partial charge in [0.25, 0.3) is 0 Å². The van der Waals surface area contributed by atoms with Gasteiger partial charge in [-0.2, -0.15) is 4.98 Å². The lowest BCUT2D eigenvalue weighted by Gasteiger charge is -2.14. The maximum atomic E-state index is 6.37. The molecule has 0 spiro atoms. The average Bonchev–Trinajstić information content (AvgIpc) is 2.77. The van der Waals surface area contributed by atoms with Crippen molar-refractivity contribution >= 4 is 39.0 Å². The van der Waals surface area contributed by atoms with E-state index in [4.69, 9.17) is 10.5 Å². The third-order valence-electron chi connectivity index (χ3n) is 5.00. The highest BCUT2D eigenvalue weighted by Crippen LogP contribution is 2.35. The summed E-state index contributed by atoms with van der Waals surface area (Å²) in [7, 11) is 0. The van der Waals surface area contributed by atoms with Crippen LogP contribution in [0.5, 0.6) is 11.6 Å². The van der Waals surface area contributed by atoms with Gasteiger partial charge in [0.15, 0.2) is 11.6 Å². The van der Waals surface area contributed by atoms with Gasteiger partial charge in [0.2, 0.25) is 5.88 Å². The number of anilines is 3. The number of aromatic nitrogens is 4. The number of hydrogen-bond acceptors (Lipinski definition) is 7. The van der Waals surface area contributed by atoms with Crippen molar-refractivity contribution in [3.05, 3.63) is 78.4 Å². The zero-order chi connectivity index (χ0) is 21.4. The first-order valence-electron chi connectivity index (χ1n) is 9.86. The number of para-hydroxylation sites is 1. The SMILES string of the molecule is Cc1ccc2c(Nc3ncnc(Oc4cccc5ccc(C)nc45)c3N)cccc2n1. The standard InChI is InChI=1S/C24H20N6O/c1-14-10-12-17-18(28-14)6-4-7-19(17)30-23-21(25)24(27-13-26-23)31-20-8-3-5-16-11-9-15(2)29-22(16)20/h3-13H,25H2,1-2H3,(H,26,27,30). The Morgan fingerprint density at radius 1 is 0.839 bits per heavy atom. The highest BCUT2D eigenvalue weighted by Gasteiger charge is 2.14. The molecule has 0 radical (unpaired) electrons. The highest BCUT2D eigenvalue weighted by molar-refractivity contribution is 5.94. The quantitative estimate of drug-likeness (QED) is 0.416. The number of aryl methyl sites for hydroxylation is 2. The molecule has 2 aromatic carbocycles. The van der Waals surface area contributed by atoms with E-state index >= 15 is 0 Å². The minimum absolute atomic E-state index is 0.266. The van der Waals surface area contributed by atoms with Gasteiger partial charge < -0.3 is 15.8 Å². The number of nitrogens with two attached hydrogens (primary N) is 1. The van der Waals surface area contributed by atoms with Gasteiger partial charge >= 0.3 is 0 Å². The van der Waals surface area contributed by atoms with Crippen LogP contribution in [0, 0.1) is 13.8 Å². The maximum absolute atomic E-state index is 6.37. The topological polar surface area (TPSA) is 98.8 Å². The molecule has 0 saturated heterocycles. The number of hydrogen-bond donors (Lipinski definition) is 2. The van der Waals surface area contributed by atoms with Crippen LogP contribution in [0.1, 0.15) is 11.4 Å². The molecule has 0 aliphatic heterocycles. The summed E-state index contributed by atoms with van der Waals surface area (Å²) in [5.41, 5.74) is 11.0. The summed E-state index contributed by atoms with van der Waals surface area (Å²) in [6.07, 6.45) is 1.42. The maximum Gasteiger partial charge on any atom is 0.248 e. The summed E-state index contributed by atoms with van der Waals surface area (Å²) in [5.74, 6) is 1.31. The van der Waals surface area contributed by atoms with Crippen molar-refractivity contribution in [3.63, 3.8) is 0 Å². The third-order valence-corrected chi connectivity index (χ3v) is 5.00. The molecule has 7 nitrogen and oxygen atoms in total. The van der Waals surface area contributed by atoms with Crippen molar-refractivity contribution in [1.82, 2.24) is 19.9 Å². The molecule has 5 aromatic rings. The second kappa shape index (κ2) is 7.53. The Kier molecular flexibility index (Phi) is 4.55. The average molecular weight is 408 g/mol. The van der Waals surface area contributed by atoms with Crippen LogP contribution in [0.3, 0.4) is 0 Å². The number of fused-ring (bicyclic) bond motifs is 2. The molecule has 0 atom stereocenters. The molecule has 3 N–H and O–H groups in total. The van der Waals surface area contributed by atoms with Crippen molar-refractivity contribution in [2.75, 3.05) is 11.1 Å². The van der Waals surface area contributed by atoms with E-state index in [0.717, 1.165) is 38.9 Å². The van der Waals surface area contributed by atoms with Gasteiger partial charge in [-0.05, 0) is 50.2 Å². The molecule has 0 aliphatic carbocycles. The van der Waals surface area contributed by atoms with Crippen LogP contribution < -0.4 is 15.8 Å². The minimum Gasteiger partial charge on any atom is -0.435 e. The molecule has 7 heteroatoms. The molecular weight excluding hydrogens is 388 g/mol. The largest absolute Gasteiger partial charge is 0.435 e. The highest BCUT2D eigenvalue weighted by atomic mass is 16.5. The number of nitrogens with one attached hydrogen (secondary N) is 1. The Hall–Kier alpha value is -4.26. The number of nitrogen functional groups attached to an aromatic ring is 1. The van der Waals surface area contributed by atoms with Gasteiger partial charge in [0.1, 0.15) is 17.5 Å². The molecule has 31 heavy (non-hydrogen) atoms. The van der Waals surface area contributed by atoms with Crippen LogP contribution >= 0.6 is 0 Å². The summed E-state index contributed by atoms with van der Waals surface area (Å²) in [6.45, 7) is 3.91. The summed E-state index contributed by atoms with van der Waals surface area (Å²) in [5, 5.41) is 5.25. The van der Waals surface area contributed by atoms with Gasteiger partial charge in [-0.15, -0.1) is 0 Å². The zero-order valence-electron chi connectivity index (χ0n) is 17.1. The van der Waals surface area contributed by atoms with Crippen LogP contribution in [0.25, 0.3) is 21.8 Å². The van der Waals surface area contributed by atoms with E-state index in [1.54, 1.807) is 0 Å². The smallest absolute Gasteiger partial charge is 0.248 e. The molecule has 3 aromatic heterocycles. The second-order valence-corrected chi connectivity index (χ2v) is 7.27. The predicted octanol–water partition coefficient (Wildman–Crippen LogP) is 5.31. The van der Waals surface area contributed by atoms with Gasteiger partial charge in [-0.3, -0.25) is 4.98 Å². The fourth-order valence-electron chi connectivity index (χ4n) is 3.46. The Bertz CT molecular complexity index is 1430. The van der Waals surface area contributed by atoms with Crippen LogP contribution in [0.15, 0.2) is 67.0 Å². The Labute approximate surface area is 179 Å². The lowest BCUT2D eigenvalue weighted by Crippen LogP contribution is -2.04. The third kappa shape index (κ3) is 3.57. The monoisotopic (exact) mass is 408 g/mol. The van der Waals surface area contributed by atoms with Gasteiger partial charge in [0.05, 0.1) is 5.52 Å². The van der Waals surface area contributed by atoms with Crippen LogP contribution in [0.4, 0.5) is 17.2 Å². The first kappa shape index (κ1) is 18.7. The van der Waals surface area contributed by atoms with Crippen LogP contribution in [-0.4, -0.2) is 19.9 Å². The lowest BCUT2D eigenvalue weighted by atomic mass is 10.1. The summed E-state index contributed by atoms with van der Waals surface area (Å²) in [6, 6.07) is 19.6. The Balaban J connectivity index is 1.52. The summed E-state index contributed by atoms with van der Waals surface area (Å²) in [4.78, 5) is 17.7. The van der Waals surface area contributed by atoms with Crippen molar-refractivity contribution in [3.8, 4) is 11.6 Å². The Morgan fingerprint density at radius 3 is 2.55 bits per heavy atom. The first-order chi connectivity index (χ1) is 15.1. The second-order valence-electron chi connectivity index (χ2n) is 7.27. The van der Waals surface area contributed by atoms with Crippen LogP contribution in [0.2, 0.25) is 0 Å². The number of ether oxygens (including phenoxy) is 1. The molecule has 152 valence electrons. The summed E-state index contributed by atoms with van der Waals surface area (Å²) >= 11 is 0. The van der Waals surface area contributed by atoms with E-state index in [1.807, 2.05) is 74.5 Å². The fraction of sp³-hybridized carbons (Fsp3) is 0.0833. The molecule has 5 rings (SSSR count). The first-order valence-corrected chi connectivity index (χ1v) is 9.86. The molecule has 0 amide bonds. The van der Waals surface area contributed by atoms with E-state index in [0.29, 0.717) is 17.3 Å². The number of rotatable bonds is 4. The molecular formula is C24H20N6O. The van der Waals surface area contributed by atoms with Gasteiger partial charge in [-0.1, -0.05) is 24.3 Å². The van der Waals surface area contributed by atoms with Crippen molar-refractivity contribution in [2.45, 2.75) is 13.8 Å². The van der Waals surface area contributed by atoms with Gasteiger partial charge in [0, 0.05) is 27.8 Å². The normalized spacial score (nSPS) is 11.0. The van der Waals surface area contributed by atoms with Crippen molar-refractivity contribution < 1.29 is 4.74 Å². The molecule has 0 saturated carbocycles. The van der Waals surface area contributed by atoms with Crippen molar-refractivity contribution in [1.29, 1.82) is 0 Å². The Morgan fingerprint density at radius 2 is 1.65 bits per heavy atom. The predicted molar refractivity (Wildman–Crippen MR) is 123 cm³/mol. The number of nitrogens with zero attached hydrogens (tertiary/aromatic N) is 4. The molecule has 0 unspecified atom stereocenters. The fourth-order valence-corrected chi connectivity index (χ4v) is 3.46. The van der Waals surface area contributed by atoms with Gasteiger partial charge in [-0.25, -0.2) is 9.97 Å². The van der Waals surface area contributed by atoms with E-state index in [9.17, 15) is 0 Å². The van der Waals surface area contributed by atoms with Crippen molar-refractivity contribution in [2.24, 2.45) is 0 Å². The van der Waals surface area contributed by atoms with E-state index in [1.165, 1.54) is 6.33 Å². The minimum atomic E-state index is 0.266. The zero-order valence-corrected chi connectivity index (χ0v) is 17.1. The number of pyridine rings is 2. The van der Waals surface area contributed by atoms with E-state index in [-0.39, 0.29) is 5.88 Å². The van der Waals surface area contributed by atoms with E-state index in [2.05, 4.69) is 25.3 Å². The number of benzene rings is 2. The molecule has 3 heterocycles. The molecule has 0 aliphatic rings. The molecule has 0 bridgehead atoms. The van der Waals surface area contributed by atoms with Crippen LogP contribution in [-0.2, 0) is 0 Å².